The van der Waals surface area contributed by atoms with E-state index in [1.54, 1.807) is 0 Å². The Morgan fingerprint density at radius 3 is 2.54 bits per heavy atom. The van der Waals surface area contributed by atoms with Gasteiger partial charge in [0.15, 0.2) is 5.82 Å². The Balaban J connectivity index is 3.11. The molecule has 0 unspecified atom stereocenters. The standard InChI is InChI=1S/C7H3BrFNO3/c8-6-3(9)1-2-4(10-6)5(11)7(12)13/h1-2H,(H,12,13). The van der Waals surface area contributed by atoms with Crippen molar-refractivity contribution in [2.75, 3.05) is 0 Å². The van der Waals surface area contributed by atoms with E-state index < -0.39 is 17.6 Å². The molecule has 1 aromatic heterocycles. The number of rotatable bonds is 2. The normalized spacial score (nSPS) is 9.69. The van der Waals surface area contributed by atoms with Crippen LogP contribution >= 0.6 is 15.9 Å². The Hall–Kier alpha value is -1.30. The van der Waals surface area contributed by atoms with E-state index in [2.05, 4.69) is 20.9 Å². The fraction of sp³-hybridized carbons (Fsp3) is 0. The lowest BCUT2D eigenvalue weighted by Gasteiger charge is -1.96. The molecule has 1 aromatic rings. The molecule has 4 nitrogen and oxygen atoms in total. The molecule has 0 amide bonds. The number of Topliss-reactive ketones (excluding diaryl/α,β-unsaturated/α-hetero) is 1. The lowest BCUT2D eigenvalue weighted by molar-refractivity contribution is -0.131. The molecular formula is C7H3BrFNO3. The van der Waals surface area contributed by atoms with Crippen LogP contribution in [0.3, 0.4) is 0 Å². The molecule has 0 saturated heterocycles. The molecule has 0 fully saturated rings. The van der Waals surface area contributed by atoms with Gasteiger partial charge in [0.25, 0.3) is 5.78 Å². The molecule has 0 saturated carbocycles. The third kappa shape index (κ3) is 2.09. The van der Waals surface area contributed by atoms with E-state index in [1.807, 2.05) is 0 Å². The largest absolute Gasteiger partial charge is 0.475 e. The lowest BCUT2D eigenvalue weighted by atomic mass is 10.2. The van der Waals surface area contributed by atoms with E-state index in [-0.39, 0.29) is 10.3 Å². The highest BCUT2D eigenvalue weighted by atomic mass is 79.9. The smallest absolute Gasteiger partial charge is 0.378 e. The first-order valence-electron chi connectivity index (χ1n) is 3.12. The topological polar surface area (TPSA) is 67.3 Å². The minimum absolute atomic E-state index is 0.181. The van der Waals surface area contributed by atoms with Gasteiger partial charge in [0.2, 0.25) is 0 Å². The zero-order valence-electron chi connectivity index (χ0n) is 6.12. The van der Waals surface area contributed by atoms with Gasteiger partial charge in [-0.25, -0.2) is 14.2 Å². The van der Waals surface area contributed by atoms with E-state index in [0.717, 1.165) is 12.1 Å². The fourth-order valence-corrected chi connectivity index (χ4v) is 0.977. The molecule has 0 bridgehead atoms. The molecule has 68 valence electrons. The summed E-state index contributed by atoms with van der Waals surface area (Å²) in [5.41, 5.74) is -0.305. The molecule has 0 aliphatic carbocycles. The van der Waals surface area contributed by atoms with Crippen molar-refractivity contribution in [2.24, 2.45) is 0 Å². The maximum atomic E-state index is 12.6. The van der Waals surface area contributed by atoms with Crippen LogP contribution in [-0.4, -0.2) is 21.8 Å². The molecule has 1 rings (SSSR count). The third-order valence-corrected chi connectivity index (χ3v) is 1.79. The molecule has 0 aliphatic rings. The minimum Gasteiger partial charge on any atom is -0.475 e. The Morgan fingerprint density at radius 2 is 2.08 bits per heavy atom. The van der Waals surface area contributed by atoms with E-state index >= 15 is 0 Å². The number of hydrogen-bond acceptors (Lipinski definition) is 3. The second kappa shape index (κ2) is 3.61. The Morgan fingerprint density at radius 1 is 1.46 bits per heavy atom. The van der Waals surface area contributed by atoms with Crippen LogP contribution in [0.4, 0.5) is 4.39 Å². The number of nitrogens with zero attached hydrogens (tertiary/aromatic N) is 1. The van der Waals surface area contributed by atoms with Crippen molar-refractivity contribution >= 4 is 27.7 Å². The van der Waals surface area contributed by atoms with Gasteiger partial charge in [-0.2, -0.15) is 0 Å². The summed E-state index contributed by atoms with van der Waals surface area (Å²) in [4.78, 5) is 24.4. The van der Waals surface area contributed by atoms with Crippen LogP contribution in [-0.2, 0) is 4.79 Å². The van der Waals surface area contributed by atoms with Crippen LogP contribution in [0.5, 0.6) is 0 Å². The van der Waals surface area contributed by atoms with Crippen LogP contribution in [0.1, 0.15) is 10.5 Å². The summed E-state index contributed by atoms with van der Waals surface area (Å²) in [6, 6.07) is 1.98. The highest BCUT2D eigenvalue weighted by Gasteiger charge is 2.17. The van der Waals surface area contributed by atoms with Gasteiger partial charge in [-0.15, -0.1) is 0 Å². The van der Waals surface area contributed by atoms with Gasteiger partial charge < -0.3 is 5.11 Å². The molecule has 0 aromatic carbocycles. The molecule has 0 radical (unpaired) electrons. The van der Waals surface area contributed by atoms with E-state index in [1.165, 1.54) is 0 Å². The number of carbonyl (C=O) groups is 2. The van der Waals surface area contributed by atoms with Gasteiger partial charge >= 0.3 is 5.97 Å². The van der Waals surface area contributed by atoms with Gasteiger partial charge in [0.05, 0.1) is 0 Å². The number of carbonyl (C=O) groups excluding carboxylic acids is 1. The SMILES string of the molecule is O=C(O)C(=O)c1ccc(F)c(Br)n1. The number of carboxylic acids is 1. The van der Waals surface area contributed by atoms with Crippen molar-refractivity contribution in [3.05, 3.63) is 28.2 Å². The second-order valence-corrected chi connectivity index (χ2v) is 2.85. The van der Waals surface area contributed by atoms with Crippen molar-refractivity contribution in [1.29, 1.82) is 0 Å². The lowest BCUT2D eigenvalue weighted by Crippen LogP contribution is -2.14. The number of ketones is 1. The molecule has 13 heavy (non-hydrogen) atoms. The van der Waals surface area contributed by atoms with E-state index in [4.69, 9.17) is 5.11 Å². The minimum atomic E-state index is -1.62. The fourth-order valence-electron chi connectivity index (χ4n) is 0.653. The second-order valence-electron chi connectivity index (χ2n) is 2.10. The van der Waals surface area contributed by atoms with Gasteiger partial charge in [-0.1, -0.05) is 0 Å². The maximum Gasteiger partial charge on any atom is 0.378 e. The van der Waals surface area contributed by atoms with Crippen LogP contribution in [0.25, 0.3) is 0 Å². The van der Waals surface area contributed by atoms with Gasteiger partial charge in [-0.3, -0.25) is 4.79 Å². The molecule has 0 atom stereocenters. The Kier molecular flexibility index (Phi) is 2.72. The van der Waals surface area contributed by atoms with Crippen LogP contribution in [0, 0.1) is 5.82 Å². The van der Waals surface area contributed by atoms with Crippen molar-refractivity contribution in [2.45, 2.75) is 0 Å². The van der Waals surface area contributed by atoms with Crippen molar-refractivity contribution in [1.82, 2.24) is 4.98 Å². The van der Waals surface area contributed by atoms with E-state index in [9.17, 15) is 14.0 Å². The van der Waals surface area contributed by atoms with Gasteiger partial charge in [-0.05, 0) is 28.1 Å². The maximum absolute atomic E-state index is 12.6. The monoisotopic (exact) mass is 247 g/mol. The Bertz CT molecular complexity index is 380. The van der Waals surface area contributed by atoms with E-state index in [0.29, 0.717) is 0 Å². The number of aliphatic carboxylic acids is 1. The number of pyridine rings is 1. The van der Waals surface area contributed by atoms with Gasteiger partial charge in [0.1, 0.15) is 10.3 Å². The summed E-state index contributed by atoms with van der Waals surface area (Å²) in [5.74, 6) is -3.44. The summed E-state index contributed by atoms with van der Waals surface area (Å²) in [5, 5.41) is 8.30. The quantitative estimate of drug-likeness (QED) is 0.485. The number of aromatic nitrogens is 1. The molecule has 1 N–H and O–H groups in total. The number of halogens is 2. The first-order valence-corrected chi connectivity index (χ1v) is 3.91. The van der Waals surface area contributed by atoms with Crippen molar-refractivity contribution in [3.63, 3.8) is 0 Å². The summed E-state index contributed by atoms with van der Waals surface area (Å²) in [6.07, 6.45) is 0. The summed E-state index contributed by atoms with van der Waals surface area (Å²) < 4.78 is 12.4. The summed E-state index contributed by atoms with van der Waals surface area (Å²) >= 11 is 2.73. The molecule has 1 heterocycles. The third-order valence-electron chi connectivity index (χ3n) is 1.23. The van der Waals surface area contributed by atoms with Gasteiger partial charge in [0, 0.05) is 0 Å². The van der Waals surface area contributed by atoms with Crippen LogP contribution in [0.15, 0.2) is 16.7 Å². The zero-order valence-corrected chi connectivity index (χ0v) is 7.71. The molecular weight excluding hydrogens is 245 g/mol. The number of carboxylic acid groups (broad SMARTS) is 1. The highest BCUT2D eigenvalue weighted by molar-refractivity contribution is 9.10. The first-order chi connectivity index (χ1) is 6.02. The molecule has 0 spiro atoms. The summed E-state index contributed by atoms with van der Waals surface area (Å²) in [6.45, 7) is 0. The summed E-state index contributed by atoms with van der Waals surface area (Å²) in [7, 11) is 0. The van der Waals surface area contributed by atoms with Crippen LogP contribution in [0.2, 0.25) is 0 Å². The predicted octanol–water partition coefficient (Wildman–Crippen LogP) is 1.25. The molecule has 6 heteroatoms. The molecule has 0 aliphatic heterocycles. The zero-order chi connectivity index (χ0) is 10.0. The van der Waals surface area contributed by atoms with Crippen molar-refractivity contribution < 1.29 is 19.1 Å². The Labute approximate surface area is 80.5 Å². The highest BCUT2D eigenvalue weighted by Crippen LogP contribution is 2.12. The predicted molar refractivity (Wildman–Crippen MR) is 43.9 cm³/mol. The number of hydrogen-bond donors (Lipinski definition) is 1. The first kappa shape index (κ1) is 9.79. The van der Waals surface area contributed by atoms with Crippen molar-refractivity contribution in [3.8, 4) is 0 Å². The average Bonchev–Trinajstić information content (AvgIpc) is 2.08. The van der Waals surface area contributed by atoms with Crippen LogP contribution < -0.4 is 0 Å². The average molecular weight is 248 g/mol.